The molecule has 4 aromatic rings. The fraction of sp³-hybridized carbons (Fsp3) is 0.136. The number of methoxy groups -OCH3 is 1. The lowest BCUT2D eigenvalue weighted by atomic mass is 10.1. The van der Waals surface area contributed by atoms with E-state index in [2.05, 4.69) is 10.4 Å². The van der Waals surface area contributed by atoms with Gasteiger partial charge in [-0.2, -0.15) is 5.10 Å². The molecule has 4 rings (SSSR count). The van der Waals surface area contributed by atoms with Crippen LogP contribution in [-0.4, -0.2) is 28.8 Å². The van der Waals surface area contributed by atoms with Crippen LogP contribution in [0.15, 0.2) is 65.2 Å². The van der Waals surface area contributed by atoms with Gasteiger partial charge in [-0.05, 0) is 23.6 Å². The number of aromatic nitrogens is 2. The number of aryl methyl sites for hydroxylation is 1. The van der Waals surface area contributed by atoms with Crippen molar-refractivity contribution in [3.05, 3.63) is 78.0 Å². The van der Waals surface area contributed by atoms with Crippen LogP contribution in [-0.2, 0) is 18.4 Å². The van der Waals surface area contributed by atoms with Crippen molar-refractivity contribution in [3.8, 4) is 5.75 Å². The SMILES string of the molecule is COC(=O)c1c(NC(=O)c2ccc(COc3cccc4ccccc34)o2)cnn1C. The summed E-state index contributed by atoms with van der Waals surface area (Å²) in [4.78, 5) is 24.4. The Balaban J connectivity index is 1.45. The van der Waals surface area contributed by atoms with Crippen molar-refractivity contribution in [2.45, 2.75) is 6.61 Å². The lowest BCUT2D eigenvalue weighted by Crippen LogP contribution is -2.16. The number of ether oxygens (including phenoxy) is 2. The second-order valence-corrected chi connectivity index (χ2v) is 6.51. The Kier molecular flexibility index (Phi) is 5.21. The molecule has 0 unspecified atom stereocenters. The minimum Gasteiger partial charge on any atom is -0.485 e. The van der Waals surface area contributed by atoms with Gasteiger partial charge in [-0.1, -0.05) is 36.4 Å². The van der Waals surface area contributed by atoms with Crippen molar-refractivity contribution in [3.63, 3.8) is 0 Å². The Morgan fingerprint density at radius 2 is 1.90 bits per heavy atom. The van der Waals surface area contributed by atoms with E-state index in [1.54, 1.807) is 19.2 Å². The molecule has 2 aromatic carbocycles. The van der Waals surface area contributed by atoms with Crippen LogP contribution in [0.25, 0.3) is 10.8 Å². The number of rotatable bonds is 6. The van der Waals surface area contributed by atoms with E-state index in [0.717, 1.165) is 16.5 Å². The van der Waals surface area contributed by atoms with E-state index in [0.29, 0.717) is 5.76 Å². The number of nitrogens with zero attached hydrogens (tertiary/aromatic N) is 2. The Labute approximate surface area is 172 Å². The largest absolute Gasteiger partial charge is 0.485 e. The molecule has 0 aliphatic carbocycles. The lowest BCUT2D eigenvalue weighted by Gasteiger charge is -2.08. The molecular formula is C22H19N3O5. The third-order valence-electron chi connectivity index (χ3n) is 4.57. The van der Waals surface area contributed by atoms with E-state index in [-0.39, 0.29) is 23.7 Å². The molecule has 8 heteroatoms. The fourth-order valence-corrected chi connectivity index (χ4v) is 3.10. The van der Waals surface area contributed by atoms with Gasteiger partial charge in [-0.3, -0.25) is 9.48 Å². The number of anilines is 1. The molecule has 0 radical (unpaired) electrons. The van der Waals surface area contributed by atoms with E-state index in [1.807, 2.05) is 42.5 Å². The highest BCUT2D eigenvalue weighted by molar-refractivity contribution is 6.06. The summed E-state index contributed by atoms with van der Waals surface area (Å²) >= 11 is 0. The van der Waals surface area contributed by atoms with Crippen LogP contribution in [0.3, 0.4) is 0 Å². The minimum absolute atomic E-state index is 0.0891. The molecule has 0 fully saturated rings. The third-order valence-corrected chi connectivity index (χ3v) is 4.57. The van der Waals surface area contributed by atoms with Gasteiger partial charge in [0.25, 0.3) is 5.91 Å². The van der Waals surface area contributed by atoms with Crippen molar-refractivity contribution < 1.29 is 23.5 Å². The van der Waals surface area contributed by atoms with Crippen molar-refractivity contribution in [1.29, 1.82) is 0 Å². The van der Waals surface area contributed by atoms with Crippen LogP contribution in [0.1, 0.15) is 26.8 Å². The number of fused-ring (bicyclic) bond motifs is 1. The van der Waals surface area contributed by atoms with Crippen LogP contribution >= 0.6 is 0 Å². The number of hydrogen-bond donors (Lipinski definition) is 1. The van der Waals surface area contributed by atoms with Crippen molar-refractivity contribution >= 4 is 28.3 Å². The van der Waals surface area contributed by atoms with Crippen LogP contribution in [0.2, 0.25) is 0 Å². The number of carbonyl (C=O) groups is 2. The molecule has 0 atom stereocenters. The molecule has 0 saturated heterocycles. The maximum Gasteiger partial charge on any atom is 0.358 e. The van der Waals surface area contributed by atoms with Gasteiger partial charge in [0.2, 0.25) is 0 Å². The zero-order chi connectivity index (χ0) is 21.1. The number of hydrogen-bond acceptors (Lipinski definition) is 6. The summed E-state index contributed by atoms with van der Waals surface area (Å²) in [6.45, 7) is 0.168. The molecule has 1 amide bonds. The summed E-state index contributed by atoms with van der Waals surface area (Å²) in [5.74, 6) is 0.200. The molecule has 0 aliphatic rings. The summed E-state index contributed by atoms with van der Waals surface area (Å²) in [6.07, 6.45) is 1.37. The van der Waals surface area contributed by atoms with Gasteiger partial charge >= 0.3 is 5.97 Å². The predicted molar refractivity (Wildman–Crippen MR) is 109 cm³/mol. The first-order valence-electron chi connectivity index (χ1n) is 9.17. The first kappa shape index (κ1) is 19.3. The number of benzene rings is 2. The number of carbonyl (C=O) groups excluding carboxylic acids is 2. The zero-order valence-electron chi connectivity index (χ0n) is 16.4. The predicted octanol–water partition coefficient (Wildman–Crippen LogP) is 3.78. The highest BCUT2D eigenvalue weighted by atomic mass is 16.5. The molecule has 0 bridgehead atoms. The summed E-state index contributed by atoms with van der Waals surface area (Å²) < 4.78 is 17.5. The smallest absolute Gasteiger partial charge is 0.358 e. The number of furan rings is 1. The molecule has 8 nitrogen and oxygen atoms in total. The number of amides is 1. The summed E-state index contributed by atoms with van der Waals surface area (Å²) in [7, 11) is 2.84. The minimum atomic E-state index is -0.603. The molecule has 2 aromatic heterocycles. The topological polar surface area (TPSA) is 95.6 Å². The normalized spacial score (nSPS) is 10.7. The quantitative estimate of drug-likeness (QED) is 0.491. The van der Waals surface area contributed by atoms with Crippen molar-refractivity contribution in [2.75, 3.05) is 12.4 Å². The van der Waals surface area contributed by atoms with Gasteiger partial charge in [0.15, 0.2) is 11.5 Å². The second-order valence-electron chi connectivity index (χ2n) is 6.51. The average molecular weight is 405 g/mol. The maximum absolute atomic E-state index is 12.5. The van der Waals surface area contributed by atoms with Crippen molar-refractivity contribution in [2.24, 2.45) is 7.05 Å². The summed E-state index contributed by atoms with van der Waals surface area (Å²) in [5.41, 5.74) is 0.372. The van der Waals surface area contributed by atoms with Gasteiger partial charge < -0.3 is 19.2 Å². The maximum atomic E-state index is 12.5. The summed E-state index contributed by atoms with van der Waals surface area (Å²) in [5, 5.41) is 8.67. The van der Waals surface area contributed by atoms with E-state index in [9.17, 15) is 9.59 Å². The Morgan fingerprint density at radius 3 is 2.73 bits per heavy atom. The van der Waals surface area contributed by atoms with Gasteiger partial charge in [0, 0.05) is 12.4 Å². The van der Waals surface area contributed by atoms with Crippen LogP contribution in [0.5, 0.6) is 5.75 Å². The molecule has 0 spiro atoms. The lowest BCUT2D eigenvalue weighted by molar-refractivity contribution is 0.0589. The van der Waals surface area contributed by atoms with Gasteiger partial charge in [0.05, 0.1) is 19.0 Å². The van der Waals surface area contributed by atoms with Crippen LogP contribution in [0.4, 0.5) is 5.69 Å². The molecular weight excluding hydrogens is 386 g/mol. The molecule has 152 valence electrons. The van der Waals surface area contributed by atoms with E-state index < -0.39 is 11.9 Å². The Morgan fingerprint density at radius 1 is 1.10 bits per heavy atom. The zero-order valence-corrected chi connectivity index (χ0v) is 16.4. The molecule has 30 heavy (non-hydrogen) atoms. The Hall–Kier alpha value is -4.07. The van der Waals surface area contributed by atoms with Gasteiger partial charge in [0.1, 0.15) is 18.1 Å². The van der Waals surface area contributed by atoms with E-state index >= 15 is 0 Å². The Bertz CT molecular complexity index is 1220. The summed E-state index contributed by atoms with van der Waals surface area (Å²) in [6, 6.07) is 17.0. The average Bonchev–Trinajstić information content (AvgIpc) is 3.38. The molecule has 2 heterocycles. The van der Waals surface area contributed by atoms with E-state index in [1.165, 1.54) is 18.0 Å². The first-order valence-corrected chi connectivity index (χ1v) is 9.17. The second kappa shape index (κ2) is 8.12. The van der Waals surface area contributed by atoms with Gasteiger partial charge in [-0.15, -0.1) is 0 Å². The van der Waals surface area contributed by atoms with Gasteiger partial charge in [-0.25, -0.2) is 4.79 Å². The standard InChI is InChI=1S/C22H19N3O5/c1-25-20(22(27)28-2)17(12-23-25)24-21(26)19-11-10-15(30-19)13-29-18-9-5-7-14-6-3-4-8-16(14)18/h3-12H,13H2,1-2H3,(H,24,26). The highest BCUT2D eigenvalue weighted by Crippen LogP contribution is 2.26. The van der Waals surface area contributed by atoms with E-state index in [4.69, 9.17) is 13.9 Å². The molecule has 0 saturated carbocycles. The van der Waals surface area contributed by atoms with Crippen LogP contribution in [0, 0.1) is 0 Å². The third kappa shape index (κ3) is 3.75. The number of esters is 1. The monoisotopic (exact) mass is 405 g/mol. The van der Waals surface area contributed by atoms with Crippen LogP contribution < -0.4 is 10.1 Å². The fourth-order valence-electron chi connectivity index (χ4n) is 3.10. The number of nitrogens with one attached hydrogen (secondary N) is 1. The molecule has 1 N–H and O–H groups in total. The van der Waals surface area contributed by atoms with Crippen molar-refractivity contribution in [1.82, 2.24) is 9.78 Å². The highest BCUT2D eigenvalue weighted by Gasteiger charge is 2.21. The first-order chi connectivity index (χ1) is 14.6. The molecule has 0 aliphatic heterocycles.